The summed E-state index contributed by atoms with van der Waals surface area (Å²) in [6.45, 7) is 3.83. The Hall–Kier alpha value is -0.0000000000000000763. The second kappa shape index (κ2) is 13.4. The lowest BCUT2D eigenvalue weighted by Crippen LogP contribution is -2.26. The molecule has 0 heterocycles. The smallest absolute Gasteiger partial charge is 0.272 e. The molecule has 0 spiro atoms. The molecule has 0 aromatic carbocycles. The number of unbranched alkanes of at least 4 members (excludes halogenated alkanes) is 11. The number of hydrogen-bond donors (Lipinski definition) is 1. The molecule has 0 aromatic rings. The second-order valence-electron chi connectivity index (χ2n) is 6.29. The van der Waals surface area contributed by atoms with Gasteiger partial charge < -0.3 is 0 Å². The predicted molar refractivity (Wildman–Crippen MR) is 99.3 cm³/mol. The maximum Gasteiger partial charge on any atom is 0.272 e. The van der Waals surface area contributed by atoms with Crippen molar-refractivity contribution in [3.63, 3.8) is 0 Å². The van der Waals surface area contributed by atoms with Crippen LogP contribution in [-0.4, -0.2) is 23.1 Å². The molecule has 0 saturated heterocycles. The van der Waals surface area contributed by atoms with Gasteiger partial charge in [0.2, 0.25) is 0 Å². The van der Waals surface area contributed by atoms with Gasteiger partial charge in [0.1, 0.15) is 5.25 Å². The Balaban J connectivity index is 3.45. The van der Waals surface area contributed by atoms with Gasteiger partial charge in [-0.2, -0.15) is 8.42 Å². The molecule has 1 N–H and O–H groups in total. The summed E-state index contributed by atoms with van der Waals surface area (Å²) in [5.41, 5.74) is 0. The fraction of sp³-hybridized carbons (Fsp3) is 0.941. The van der Waals surface area contributed by atoms with Crippen molar-refractivity contribution in [2.45, 2.75) is 103 Å². The summed E-state index contributed by atoms with van der Waals surface area (Å²) in [5.74, 6) is 0. The van der Waals surface area contributed by atoms with Crippen LogP contribution >= 0.6 is 12.2 Å². The third-order valence-electron chi connectivity index (χ3n) is 4.13. The molecule has 1 unspecified atom stereocenters. The largest absolute Gasteiger partial charge is 0.285 e. The Labute approximate surface area is 143 Å². The molecule has 1 atom stereocenters. The topological polar surface area (TPSA) is 54.4 Å². The molecule has 0 amide bonds. The Kier molecular flexibility index (Phi) is 13.4. The first kappa shape index (κ1) is 22.0. The van der Waals surface area contributed by atoms with Crippen molar-refractivity contribution in [1.29, 1.82) is 0 Å². The van der Waals surface area contributed by atoms with E-state index < -0.39 is 15.4 Å². The Morgan fingerprint density at radius 3 is 1.55 bits per heavy atom. The van der Waals surface area contributed by atoms with Crippen LogP contribution in [0.4, 0.5) is 0 Å². The SMILES string of the molecule is CCCCCCCCCCCCCCC(C(C)=S)S(=O)(=O)O. The zero-order chi connectivity index (χ0) is 16.8. The van der Waals surface area contributed by atoms with E-state index >= 15 is 0 Å². The highest BCUT2D eigenvalue weighted by molar-refractivity contribution is 7.90. The molecule has 0 saturated carbocycles. The Morgan fingerprint density at radius 1 is 0.864 bits per heavy atom. The highest BCUT2D eigenvalue weighted by Crippen LogP contribution is 2.15. The molecule has 0 fully saturated rings. The van der Waals surface area contributed by atoms with Crippen LogP contribution in [0.3, 0.4) is 0 Å². The molecule has 3 nitrogen and oxygen atoms in total. The lowest BCUT2D eigenvalue weighted by molar-refractivity contribution is 0.470. The van der Waals surface area contributed by atoms with E-state index in [1.807, 2.05) is 0 Å². The van der Waals surface area contributed by atoms with Crippen molar-refractivity contribution in [3.8, 4) is 0 Å². The summed E-state index contributed by atoms with van der Waals surface area (Å²) < 4.78 is 31.5. The summed E-state index contributed by atoms with van der Waals surface area (Å²) in [6.07, 6.45) is 15.4. The van der Waals surface area contributed by atoms with E-state index in [0.29, 0.717) is 11.3 Å². The number of rotatable bonds is 15. The van der Waals surface area contributed by atoms with Crippen LogP contribution in [0.2, 0.25) is 0 Å². The molecular weight excluding hydrogens is 316 g/mol. The minimum Gasteiger partial charge on any atom is -0.285 e. The average Bonchev–Trinajstić information content (AvgIpc) is 2.42. The zero-order valence-corrected chi connectivity index (χ0v) is 16.0. The summed E-state index contributed by atoms with van der Waals surface area (Å²) in [5, 5.41) is -0.856. The van der Waals surface area contributed by atoms with E-state index in [9.17, 15) is 8.42 Å². The summed E-state index contributed by atoms with van der Waals surface area (Å²) >= 11 is 4.91. The third-order valence-corrected chi connectivity index (χ3v) is 5.87. The molecule has 0 aliphatic carbocycles. The van der Waals surface area contributed by atoms with Crippen molar-refractivity contribution >= 4 is 27.2 Å². The van der Waals surface area contributed by atoms with E-state index in [4.69, 9.17) is 16.8 Å². The van der Waals surface area contributed by atoms with Crippen molar-refractivity contribution in [2.75, 3.05) is 0 Å². The quantitative estimate of drug-likeness (QED) is 0.233. The van der Waals surface area contributed by atoms with Gasteiger partial charge in [-0.1, -0.05) is 96.2 Å². The maximum absolute atomic E-state index is 11.2. The molecule has 132 valence electrons. The molecular formula is C17H34O3S2. The third kappa shape index (κ3) is 12.5. The molecule has 0 aromatic heterocycles. The fourth-order valence-corrected chi connectivity index (χ4v) is 4.10. The molecule has 5 heteroatoms. The van der Waals surface area contributed by atoms with Crippen LogP contribution < -0.4 is 0 Å². The predicted octanol–water partition coefficient (Wildman–Crippen LogP) is 5.72. The van der Waals surface area contributed by atoms with Gasteiger partial charge in [-0.3, -0.25) is 4.55 Å². The van der Waals surface area contributed by atoms with E-state index in [0.717, 1.165) is 19.3 Å². The normalized spacial score (nSPS) is 13.2. The Morgan fingerprint density at radius 2 is 1.23 bits per heavy atom. The molecule has 0 aliphatic rings. The highest BCUT2D eigenvalue weighted by Gasteiger charge is 2.24. The Bertz CT molecular complexity index is 377. The van der Waals surface area contributed by atoms with Crippen LogP contribution in [0.5, 0.6) is 0 Å². The number of thiocarbonyl (C=S) groups is 1. The van der Waals surface area contributed by atoms with E-state index in [1.54, 1.807) is 6.92 Å². The molecule has 22 heavy (non-hydrogen) atoms. The zero-order valence-electron chi connectivity index (χ0n) is 14.3. The molecule has 0 radical (unpaired) electrons. The molecule has 0 bridgehead atoms. The van der Waals surface area contributed by atoms with Gasteiger partial charge >= 0.3 is 0 Å². The summed E-state index contributed by atoms with van der Waals surface area (Å²) in [6, 6.07) is 0. The minimum absolute atomic E-state index is 0.366. The van der Waals surface area contributed by atoms with Gasteiger partial charge in [0.15, 0.2) is 0 Å². The van der Waals surface area contributed by atoms with Gasteiger partial charge in [-0.15, -0.1) is 0 Å². The van der Waals surface area contributed by atoms with Gasteiger partial charge in [0.05, 0.1) is 0 Å². The second-order valence-corrected chi connectivity index (χ2v) is 8.53. The van der Waals surface area contributed by atoms with Crippen LogP contribution in [0, 0.1) is 0 Å². The first-order valence-electron chi connectivity index (χ1n) is 8.86. The van der Waals surface area contributed by atoms with Gasteiger partial charge in [-0.05, 0) is 13.3 Å². The molecule has 0 rings (SSSR count). The summed E-state index contributed by atoms with van der Waals surface area (Å²) in [4.78, 5) is 0.366. The average molecular weight is 351 g/mol. The van der Waals surface area contributed by atoms with Crippen LogP contribution in [0.15, 0.2) is 0 Å². The van der Waals surface area contributed by atoms with Crippen LogP contribution in [0.1, 0.15) is 97.3 Å². The first-order chi connectivity index (χ1) is 10.4. The maximum atomic E-state index is 11.2. The molecule has 0 aliphatic heterocycles. The highest BCUT2D eigenvalue weighted by atomic mass is 32.2. The van der Waals surface area contributed by atoms with Gasteiger partial charge in [0.25, 0.3) is 10.1 Å². The summed E-state index contributed by atoms with van der Waals surface area (Å²) in [7, 11) is -4.02. The number of hydrogen-bond acceptors (Lipinski definition) is 3. The first-order valence-corrected chi connectivity index (χ1v) is 10.8. The van der Waals surface area contributed by atoms with Crippen molar-refractivity contribution < 1.29 is 13.0 Å². The van der Waals surface area contributed by atoms with E-state index in [-0.39, 0.29) is 0 Å². The fourth-order valence-electron chi connectivity index (χ4n) is 2.73. The standard InChI is InChI=1S/C17H34O3S2/c1-3-4-5-6-7-8-9-10-11-12-13-14-15-17(16(2)21)22(18,19)20/h17H,3-15H2,1-2H3,(H,18,19,20). The lowest BCUT2D eigenvalue weighted by atomic mass is 10.0. The van der Waals surface area contributed by atoms with E-state index in [2.05, 4.69) is 6.92 Å². The van der Waals surface area contributed by atoms with Crippen LogP contribution in [0.25, 0.3) is 0 Å². The van der Waals surface area contributed by atoms with Crippen molar-refractivity contribution in [2.24, 2.45) is 0 Å². The lowest BCUT2D eigenvalue weighted by Gasteiger charge is -2.12. The van der Waals surface area contributed by atoms with Crippen molar-refractivity contribution in [1.82, 2.24) is 0 Å². The van der Waals surface area contributed by atoms with Crippen LogP contribution in [-0.2, 0) is 10.1 Å². The van der Waals surface area contributed by atoms with Gasteiger partial charge in [0, 0.05) is 4.86 Å². The van der Waals surface area contributed by atoms with Gasteiger partial charge in [-0.25, -0.2) is 0 Å². The monoisotopic (exact) mass is 350 g/mol. The van der Waals surface area contributed by atoms with Crippen molar-refractivity contribution in [3.05, 3.63) is 0 Å². The minimum atomic E-state index is -4.02. The van der Waals surface area contributed by atoms with E-state index in [1.165, 1.54) is 57.8 Å².